The van der Waals surface area contributed by atoms with Crippen LogP contribution in [0.25, 0.3) is 71.6 Å². The van der Waals surface area contributed by atoms with Crippen molar-refractivity contribution in [2.75, 3.05) is 0 Å². The van der Waals surface area contributed by atoms with Crippen LogP contribution in [0, 0.1) is 0 Å². The molecule has 0 unspecified atom stereocenters. The Morgan fingerprint density at radius 1 is 0.523 bits per heavy atom. The van der Waals surface area contributed by atoms with Crippen LogP contribution in [0.3, 0.4) is 0 Å². The van der Waals surface area contributed by atoms with Gasteiger partial charge in [0, 0.05) is 6.42 Å². The Hall–Kier alpha value is -5.67. The Morgan fingerprint density at radius 3 is 1.80 bits per heavy atom. The van der Waals surface area contributed by atoms with E-state index in [1.54, 1.807) is 0 Å². The predicted molar refractivity (Wildman–Crippen MR) is 182 cm³/mol. The fraction of sp³-hybridized carbons (Fsp3) is 0.0488. The third-order valence-corrected chi connectivity index (χ3v) is 8.92. The van der Waals surface area contributed by atoms with E-state index in [1.807, 2.05) is 12.1 Å². The van der Waals surface area contributed by atoms with E-state index < -0.39 is 0 Å². The lowest BCUT2D eigenvalue weighted by Gasteiger charge is -2.23. The number of fused-ring (bicyclic) bond motifs is 4. The van der Waals surface area contributed by atoms with Crippen molar-refractivity contribution in [1.82, 2.24) is 9.55 Å². The minimum Gasteiger partial charge on any atom is -0.453 e. The van der Waals surface area contributed by atoms with E-state index >= 15 is 0 Å². The van der Waals surface area contributed by atoms with Gasteiger partial charge in [0.25, 0.3) is 0 Å². The van der Waals surface area contributed by atoms with Crippen LogP contribution in [0.2, 0.25) is 0 Å². The van der Waals surface area contributed by atoms with Gasteiger partial charge in [-0.2, -0.15) is 0 Å². The van der Waals surface area contributed by atoms with E-state index in [9.17, 15) is 0 Å². The third-order valence-electron chi connectivity index (χ3n) is 8.92. The molecule has 0 bridgehead atoms. The highest BCUT2D eigenvalue weighted by Gasteiger charge is 2.25. The van der Waals surface area contributed by atoms with E-state index in [2.05, 4.69) is 139 Å². The average Bonchev–Trinajstić information content (AvgIpc) is 3.47. The molecule has 7 aromatic carbocycles. The molecule has 3 nitrogen and oxygen atoms in total. The van der Waals surface area contributed by atoms with Crippen molar-refractivity contribution in [1.29, 1.82) is 0 Å². The standard InChI is InChI=1S/C41H28N2O/c1-2-38-42-34-20-11-21-36-41(34)43(38)35-23-22-29(25-37(35)44-36)40-32-18-8-6-16-30(32)39(31-17-7-9-19-33(31)40)28-15-10-14-27(24-28)26-12-4-3-5-13-26/h3-25H,2H2,1H3. The number of para-hydroxylation sites is 1. The number of hydrogen-bond donors (Lipinski definition) is 0. The van der Waals surface area contributed by atoms with Gasteiger partial charge < -0.3 is 4.74 Å². The average molecular weight is 565 g/mol. The molecular formula is C41H28N2O. The smallest absolute Gasteiger partial charge is 0.153 e. The summed E-state index contributed by atoms with van der Waals surface area (Å²) in [6.07, 6.45) is 0.845. The Labute approximate surface area is 255 Å². The molecule has 0 radical (unpaired) electrons. The Morgan fingerprint density at radius 2 is 1.11 bits per heavy atom. The van der Waals surface area contributed by atoms with Gasteiger partial charge in [0.05, 0.1) is 11.2 Å². The lowest BCUT2D eigenvalue weighted by molar-refractivity contribution is 0.474. The van der Waals surface area contributed by atoms with Gasteiger partial charge in [0.1, 0.15) is 11.3 Å². The van der Waals surface area contributed by atoms with Crippen LogP contribution in [-0.4, -0.2) is 9.55 Å². The maximum atomic E-state index is 6.58. The van der Waals surface area contributed by atoms with Gasteiger partial charge >= 0.3 is 0 Å². The minimum atomic E-state index is 0.845. The minimum absolute atomic E-state index is 0.845. The van der Waals surface area contributed by atoms with E-state index in [1.165, 1.54) is 49.4 Å². The van der Waals surface area contributed by atoms with Gasteiger partial charge in [-0.1, -0.05) is 116 Å². The van der Waals surface area contributed by atoms with Gasteiger partial charge in [0.15, 0.2) is 11.5 Å². The first-order valence-corrected chi connectivity index (χ1v) is 15.2. The zero-order valence-corrected chi connectivity index (χ0v) is 24.3. The van der Waals surface area contributed by atoms with Crippen LogP contribution < -0.4 is 4.74 Å². The van der Waals surface area contributed by atoms with Crippen LogP contribution in [0.4, 0.5) is 0 Å². The first-order chi connectivity index (χ1) is 21.8. The van der Waals surface area contributed by atoms with Crippen LogP contribution in [0.5, 0.6) is 11.5 Å². The number of rotatable bonds is 4. The zero-order valence-electron chi connectivity index (χ0n) is 24.3. The van der Waals surface area contributed by atoms with Crippen LogP contribution in [0.1, 0.15) is 12.7 Å². The van der Waals surface area contributed by atoms with Gasteiger partial charge in [0.2, 0.25) is 0 Å². The lowest BCUT2D eigenvalue weighted by atomic mass is 9.85. The number of aromatic nitrogens is 2. The molecule has 0 saturated heterocycles. The molecule has 208 valence electrons. The third kappa shape index (κ3) is 3.66. The summed E-state index contributed by atoms with van der Waals surface area (Å²) in [5.41, 5.74) is 10.3. The number of hydrogen-bond acceptors (Lipinski definition) is 2. The highest BCUT2D eigenvalue weighted by Crippen LogP contribution is 2.47. The Bertz CT molecular complexity index is 2340. The molecule has 0 saturated carbocycles. The fourth-order valence-electron chi connectivity index (χ4n) is 7.01. The summed E-state index contributed by atoms with van der Waals surface area (Å²) in [6.45, 7) is 2.16. The summed E-state index contributed by atoms with van der Waals surface area (Å²) in [5.74, 6) is 2.74. The topological polar surface area (TPSA) is 27.1 Å². The van der Waals surface area contributed by atoms with Crippen molar-refractivity contribution < 1.29 is 4.74 Å². The first kappa shape index (κ1) is 24.9. The quantitative estimate of drug-likeness (QED) is 0.199. The van der Waals surface area contributed by atoms with Crippen molar-refractivity contribution in [3.8, 4) is 50.6 Å². The van der Waals surface area contributed by atoms with E-state index in [-0.39, 0.29) is 0 Å². The molecular weight excluding hydrogens is 536 g/mol. The summed E-state index contributed by atoms with van der Waals surface area (Å²) >= 11 is 0. The second-order valence-electron chi connectivity index (χ2n) is 11.4. The number of nitrogens with zero attached hydrogens (tertiary/aromatic N) is 2. The van der Waals surface area contributed by atoms with Crippen molar-refractivity contribution in [3.63, 3.8) is 0 Å². The van der Waals surface area contributed by atoms with Crippen molar-refractivity contribution in [2.24, 2.45) is 0 Å². The molecule has 0 N–H and O–H groups in total. The van der Waals surface area contributed by atoms with E-state index in [0.29, 0.717) is 0 Å². The number of benzene rings is 7. The van der Waals surface area contributed by atoms with Crippen molar-refractivity contribution in [3.05, 3.63) is 145 Å². The predicted octanol–water partition coefficient (Wildman–Crippen LogP) is 11.0. The SMILES string of the molecule is CCc1nc2cccc3c2n1-c1ccc(-c2c4ccccc4c(-c4cccc(-c5ccccc5)c4)c4ccccc24)cc1O3. The number of aryl methyl sites for hydroxylation is 1. The maximum Gasteiger partial charge on any atom is 0.153 e. The van der Waals surface area contributed by atoms with Crippen molar-refractivity contribution >= 4 is 32.6 Å². The summed E-state index contributed by atoms with van der Waals surface area (Å²) in [5, 5.41) is 4.92. The van der Waals surface area contributed by atoms with Gasteiger partial charge in [-0.05, 0) is 85.3 Å². The largest absolute Gasteiger partial charge is 0.453 e. The molecule has 44 heavy (non-hydrogen) atoms. The molecule has 8 aromatic rings. The molecule has 0 aliphatic carbocycles. The van der Waals surface area contributed by atoms with E-state index in [4.69, 9.17) is 9.72 Å². The maximum absolute atomic E-state index is 6.58. The molecule has 9 rings (SSSR count). The first-order valence-electron chi connectivity index (χ1n) is 15.2. The van der Waals surface area contributed by atoms with Crippen LogP contribution >= 0.6 is 0 Å². The molecule has 0 spiro atoms. The normalized spacial score (nSPS) is 12.0. The highest BCUT2D eigenvalue weighted by molar-refractivity contribution is 6.21. The lowest BCUT2D eigenvalue weighted by Crippen LogP contribution is -2.07. The van der Waals surface area contributed by atoms with Gasteiger partial charge in [-0.25, -0.2) is 4.98 Å². The zero-order chi connectivity index (χ0) is 29.2. The van der Waals surface area contributed by atoms with Gasteiger partial charge in [-0.15, -0.1) is 0 Å². The van der Waals surface area contributed by atoms with Crippen molar-refractivity contribution in [2.45, 2.75) is 13.3 Å². The molecule has 0 atom stereocenters. The molecule has 1 aromatic heterocycles. The summed E-state index contributed by atoms with van der Waals surface area (Å²) in [6, 6.07) is 49.9. The molecule has 3 heteroatoms. The van der Waals surface area contributed by atoms with E-state index in [0.717, 1.165) is 46.0 Å². The summed E-state index contributed by atoms with van der Waals surface area (Å²) in [7, 11) is 0. The molecule has 1 aliphatic rings. The second-order valence-corrected chi connectivity index (χ2v) is 11.4. The molecule has 0 amide bonds. The van der Waals surface area contributed by atoms with Crippen LogP contribution in [-0.2, 0) is 6.42 Å². The molecule has 2 heterocycles. The monoisotopic (exact) mass is 564 g/mol. The Balaban J connectivity index is 1.29. The molecule has 1 aliphatic heterocycles. The highest BCUT2D eigenvalue weighted by atomic mass is 16.5. The van der Waals surface area contributed by atoms with Crippen LogP contribution in [0.15, 0.2) is 140 Å². The Kier molecular flexibility index (Phi) is 5.48. The second kappa shape index (κ2) is 9.68. The molecule has 0 fully saturated rings. The number of imidazole rings is 1. The summed E-state index contributed by atoms with van der Waals surface area (Å²) in [4.78, 5) is 4.91. The fourth-order valence-corrected chi connectivity index (χ4v) is 7.01. The number of ether oxygens (including phenoxy) is 1. The summed E-state index contributed by atoms with van der Waals surface area (Å²) < 4.78 is 8.85. The van der Waals surface area contributed by atoms with Gasteiger partial charge in [-0.3, -0.25) is 4.57 Å².